The quantitative estimate of drug-likeness (QED) is 0.650. The van der Waals surface area contributed by atoms with Crippen LogP contribution in [0.1, 0.15) is 26.2 Å². The zero-order valence-electron chi connectivity index (χ0n) is 7.45. The zero-order chi connectivity index (χ0) is 8.55. The fraction of sp³-hybridized carbons (Fsp3) is 0.889. The number of carbonyl (C=O) groups excluding carboxylic acids is 1. The SMILES string of the molecule is CCCC(=O)N1CC2CC1CS2. The lowest BCUT2D eigenvalue weighted by molar-refractivity contribution is -0.131. The molecule has 2 heterocycles. The molecule has 12 heavy (non-hydrogen) atoms. The number of hydrogen-bond donors (Lipinski definition) is 0. The Labute approximate surface area is 77.7 Å². The summed E-state index contributed by atoms with van der Waals surface area (Å²) in [5.41, 5.74) is 0. The highest BCUT2D eigenvalue weighted by Crippen LogP contribution is 2.37. The van der Waals surface area contributed by atoms with Gasteiger partial charge in [0.15, 0.2) is 0 Å². The predicted molar refractivity (Wildman–Crippen MR) is 51.3 cm³/mol. The van der Waals surface area contributed by atoms with Gasteiger partial charge in [0.1, 0.15) is 0 Å². The highest BCUT2D eigenvalue weighted by molar-refractivity contribution is 8.00. The van der Waals surface area contributed by atoms with E-state index in [2.05, 4.69) is 11.8 Å². The first-order chi connectivity index (χ1) is 5.81. The maximum Gasteiger partial charge on any atom is 0.222 e. The number of nitrogens with zero attached hydrogens (tertiary/aromatic N) is 1. The van der Waals surface area contributed by atoms with Gasteiger partial charge in [-0.15, -0.1) is 0 Å². The molecule has 0 aromatic carbocycles. The minimum Gasteiger partial charge on any atom is -0.338 e. The van der Waals surface area contributed by atoms with Crippen molar-refractivity contribution < 1.29 is 4.79 Å². The van der Waals surface area contributed by atoms with Crippen LogP contribution in [-0.2, 0) is 4.79 Å². The van der Waals surface area contributed by atoms with Gasteiger partial charge in [-0.05, 0) is 12.8 Å². The van der Waals surface area contributed by atoms with E-state index in [1.807, 2.05) is 11.8 Å². The van der Waals surface area contributed by atoms with Crippen LogP contribution in [0.15, 0.2) is 0 Å². The van der Waals surface area contributed by atoms with E-state index in [0.29, 0.717) is 11.9 Å². The van der Waals surface area contributed by atoms with Crippen LogP contribution >= 0.6 is 11.8 Å². The van der Waals surface area contributed by atoms with Gasteiger partial charge in [-0.25, -0.2) is 0 Å². The topological polar surface area (TPSA) is 20.3 Å². The Morgan fingerprint density at radius 2 is 2.50 bits per heavy atom. The first-order valence-corrected chi connectivity index (χ1v) is 5.77. The fourth-order valence-corrected chi connectivity index (χ4v) is 3.50. The summed E-state index contributed by atoms with van der Waals surface area (Å²) in [6.45, 7) is 3.09. The van der Waals surface area contributed by atoms with Gasteiger partial charge in [-0.1, -0.05) is 6.92 Å². The summed E-state index contributed by atoms with van der Waals surface area (Å²) in [5.74, 6) is 1.56. The van der Waals surface area contributed by atoms with Crippen LogP contribution in [0, 0.1) is 0 Å². The molecule has 0 radical (unpaired) electrons. The van der Waals surface area contributed by atoms with Gasteiger partial charge < -0.3 is 4.90 Å². The second kappa shape index (κ2) is 3.29. The summed E-state index contributed by atoms with van der Waals surface area (Å²) >= 11 is 2.04. The molecule has 1 amide bonds. The summed E-state index contributed by atoms with van der Waals surface area (Å²) < 4.78 is 0. The molecule has 0 aromatic rings. The molecule has 68 valence electrons. The van der Waals surface area contributed by atoms with E-state index in [9.17, 15) is 4.79 Å². The van der Waals surface area contributed by atoms with Crippen LogP contribution in [0.3, 0.4) is 0 Å². The van der Waals surface area contributed by atoms with Gasteiger partial charge in [0.25, 0.3) is 0 Å². The van der Waals surface area contributed by atoms with Crippen molar-refractivity contribution in [1.82, 2.24) is 4.90 Å². The Kier molecular flexibility index (Phi) is 2.31. The summed E-state index contributed by atoms with van der Waals surface area (Å²) in [5, 5.41) is 0.760. The van der Waals surface area contributed by atoms with Crippen molar-refractivity contribution in [2.24, 2.45) is 0 Å². The van der Waals surface area contributed by atoms with E-state index < -0.39 is 0 Å². The average molecular weight is 185 g/mol. The molecular formula is C9H15NOS. The number of amides is 1. The first-order valence-electron chi connectivity index (χ1n) is 4.72. The Morgan fingerprint density at radius 1 is 1.67 bits per heavy atom. The van der Waals surface area contributed by atoms with Crippen LogP contribution < -0.4 is 0 Å². The van der Waals surface area contributed by atoms with Crippen molar-refractivity contribution in [1.29, 1.82) is 0 Å². The first kappa shape index (κ1) is 8.42. The minimum atomic E-state index is 0.380. The lowest BCUT2D eigenvalue weighted by Crippen LogP contribution is -2.38. The van der Waals surface area contributed by atoms with E-state index in [0.717, 1.165) is 24.6 Å². The standard InChI is InChI=1S/C9H15NOS/c1-2-3-9(11)10-5-8-4-7(10)6-12-8/h7-8H,2-6H2,1H3. The number of thioether (sulfide) groups is 1. The zero-order valence-corrected chi connectivity index (χ0v) is 8.27. The normalized spacial score (nSPS) is 32.9. The van der Waals surface area contributed by atoms with E-state index >= 15 is 0 Å². The smallest absolute Gasteiger partial charge is 0.222 e. The third-order valence-corrected chi connectivity index (χ3v) is 4.07. The van der Waals surface area contributed by atoms with Crippen LogP contribution in [-0.4, -0.2) is 34.4 Å². The molecule has 2 bridgehead atoms. The fourth-order valence-electron chi connectivity index (χ4n) is 2.06. The lowest BCUT2D eigenvalue weighted by atomic mass is 10.2. The maximum atomic E-state index is 11.6. The van der Waals surface area contributed by atoms with Gasteiger partial charge in [0.05, 0.1) is 0 Å². The van der Waals surface area contributed by atoms with E-state index in [1.54, 1.807) is 0 Å². The summed E-state index contributed by atoms with van der Waals surface area (Å²) in [6, 6.07) is 0.582. The summed E-state index contributed by atoms with van der Waals surface area (Å²) in [7, 11) is 0. The van der Waals surface area contributed by atoms with Crippen molar-refractivity contribution in [3.8, 4) is 0 Å². The molecule has 2 nitrogen and oxygen atoms in total. The third-order valence-electron chi connectivity index (χ3n) is 2.68. The number of hydrogen-bond acceptors (Lipinski definition) is 2. The van der Waals surface area contributed by atoms with Crippen LogP contribution in [0.4, 0.5) is 0 Å². The summed E-state index contributed by atoms with van der Waals surface area (Å²) in [6.07, 6.45) is 2.98. The second-order valence-electron chi connectivity index (χ2n) is 3.64. The van der Waals surface area contributed by atoms with E-state index in [1.165, 1.54) is 12.2 Å². The van der Waals surface area contributed by atoms with Crippen molar-refractivity contribution in [3.63, 3.8) is 0 Å². The van der Waals surface area contributed by atoms with Crippen molar-refractivity contribution in [3.05, 3.63) is 0 Å². The number of fused-ring (bicyclic) bond motifs is 2. The van der Waals surface area contributed by atoms with Crippen LogP contribution in [0.2, 0.25) is 0 Å². The van der Waals surface area contributed by atoms with Gasteiger partial charge in [0, 0.05) is 30.0 Å². The number of carbonyl (C=O) groups is 1. The molecule has 0 spiro atoms. The van der Waals surface area contributed by atoms with Gasteiger partial charge in [0.2, 0.25) is 5.91 Å². The molecule has 2 rings (SSSR count). The minimum absolute atomic E-state index is 0.380. The Bertz CT molecular complexity index is 195. The monoisotopic (exact) mass is 185 g/mol. The van der Waals surface area contributed by atoms with Crippen molar-refractivity contribution in [2.75, 3.05) is 12.3 Å². The Morgan fingerprint density at radius 3 is 3.00 bits per heavy atom. The molecule has 2 fully saturated rings. The number of likely N-dealkylation sites (tertiary alicyclic amines) is 1. The molecule has 2 aliphatic rings. The van der Waals surface area contributed by atoms with Gasteiger partial charge in [-0.3, -0.25) is 4.79 Å². The molecule has 0 aliphatic carbocycles. The van der Waals surface area contributed by atoms with Crippen LogP contribution in [0.25, 0.3) is 0 Å². The van der Waals surface area contributed by atoms with Crippen molar-refractivity contribution >= 4 is 17.7 Å². The molecule has 3 heteroatoms. The second-order valence-corrected chi connectivity index (χ2v) is 4.97. The molecule has 2 saturated heterocycles. The van der Waals surface area contributed by atoms with E-state index in [-0.39, 0.29) is 0 Å². The average Bonchev–Trinajstić information content (AvgIpc) is 2.64. The highest BCUT2D eigenvalue weighted by atomic mass is 32.2. The van der Waals surface area contributed by atoms with Gasteiger partial charge in [-0.2, -0.15) is 11.8 Å². The summed E-state index contributed by atoms with van der Waals surface area (Å²) in [4.78, 5) is 13.7. The molecule has 0 N–H and O–H groups in total. The molecule has 0 saturated carbocycles. The largest absolute Gasteiger partial charge is 0.338 e. The molecule has 2 atom stereocenters. The molecule has 2 unspecified atom stereocenters. The third kappa shape index (κ3) is 1.35. The van der Waals surface area contributed by atoms with Crippen molar-refractivity contribution in [2.45, 2.75) is 37.5 Å². The maximum absolute atomic E-state index is 11.6. The predicted octanol–water partition coefficient (Wildman–Crippen LogP) is 1.50. The lowest BCUT2D eigenvalue weighted by Gasteiger charge is -2.26. The molecular weight excluding hydrogens is 170 g/mol. The van der Waals surface area contributed by atoms with Gasteiger partial charge >= 0.3 is 0 Å². The van der Waals surface area contributed by atoms with Crippen LogP contribution in [0.5, 0.6) is 0 Å². The Hall–Kier alpha value is -0.180. The number of rotatable bonds is 2. The molecule has 2 aliphatic heterocycles. The highest BCUT2D eigenvalue weighted by Gasteiger charge is 2.40. The Balaban J connectivity index is 1.93. The molecule has 0 aromatic heterocycles. The van der Waals surface area contributed by atoms with E-state index in [4.69, 9.17) is 0 Å².